The van der Waals surface area contributed by atoms with Gasteiger partial charge in [0.05, 0.1) is 6.26 Å². The summed E-state index contributed by atoms with van der Waals surface area (Å²) in [6.45, 7) is -0.530. The van der Waals surface area contributed by atoms with E-state index < -0.39 is 12.6 Å². The molecule has 1 aliphatic carbocycles. The first-order valence-electron chi connectivity index (χ1n) is 6.55. The number of aromatic nitrogens is 1. The Kier molecular flexibility index (Phi) is 3.32. The van der Waals surface area contributed by atoms with E-state index in [4.69, 9.17) is 14.3 Å². The number of carbonyl (C=O) groups is 1. The summed E-state index contributed by atoms with van der Waals surface area (Å²) in [5.41, 5.74) is 2.84. The number of pyridine rings is 1. The highest BCUT2D eigenvalue weighted by atomic mass is 16.5. The van der Waals surface area contributed by atoms with E-state index in [1.807, 2.05) is 0 Å². The van der Waals surface area contributed by atoms with Gasteiger partial charge < -0.3 is 14.3 Å². The Hall–Kier alpha value is -2.81. The Labute approximate surface area is 120 Å². The fourth-order valence-corrected chi connectivity index (χ4v) is 2.60. The monoisotopic (exact) mass is 284 g/mol. The molecular formula is C15H12N2O4. The number of aliphatic carboxylic acids is 1. The lowest BCUT2D eigenvalue weighted by molar-refractivity contribution is -0.139. The predicted molar refractivity (Wildman–Crippen MR) is 71.8 cm³/mol. The highest BCUT2D eigenvalue weighted by molar-refractivity contribution is 5.69. The Morgan fingerprint density at radius 3 is 2.95 bits per heavy atom. The Balaban J connectivity index is 2.14. The largest absolute Gasteiger partial charge is 0.479 e. The lowest BCUT2D eigenvalue weighted by Gasteiger charge is -2.12. The summed E-state index contributed by atoms with van der Waals surface area (Å²) in [7, 11) is 0. The van der Waals surface area contributed by atoms with Crippen molar-refractivity contribution in [1.29, 1.82) is 5.26 Å². The molecule has 3 rings (SSSR count). The molecule has 0 aromatic carbocycles. The van der Waals surface area contributed by atoms with Crippen LogP contribution in [0.1, 0.15) is 23.1 Å². The molecule has 2 aromatic rings. The van der Waals surface area contributed by atoms with Gasteiger partial charge in [-0.3, -0.25) is 0 Å². The van der Waals surface area contributed by atoms with Crippen LogP contribution in [-0.4, -0.2) is 22.7 Å². The van der Waals surface area contributed by atoms with Gasteiger partial charge in [-0.1, -0.05) is 0 Å². The van der Waals surface area contributed by atoms with Gasteiger partial charge in [-0.05, 0) is 42.5 Å². The molecule has 21 heavy (non-hydrogen) atoms. The maximum atomic E-state index is 10.7. The van der Waals surface area contributed by atoms with Crippen molar-refractivity contribution >= 4 is 5.97 Å². The number of rotatable bonds is 4. The van der Waals surface area contributed by atoms with Crippen molar-refractivity contribution in [1.82, 2.24) is 4.98 Å². The molecule has 0 unspecified atom stereocenters. The van der Waals surface area contributed by atoms with E-state index in [2.05, 4.69) is 11.1 Å². The third kappa shape index (κ3) is 2.34. The summed E-state index contributed by atoms with van der Waals surface area (Å²) in [5, 5.41) is 18.1. The molecule has 0 bridgehead atoms. The van der Waals surface area contributed by atoms with Gasteiger partial charge in [0.2, 0.25) is 5.88 Å². The average molecular weight is 284 g/mol. The minimum atomic E-state index is -1.11. The molecule has 0 spiro atoms. The van der Waals surface area contributed by atoms with Gasteiger partial charge in [0, 0.05) is 0 Å². The van der Waals surface area contributed by atoms with Gasteiger partial charge >= 0.3 is 5.97 Å². The van der Waals surface area contributed by atoms with Gasteiger partial charge in [-0.15, -0.1) is 0 Å². The molecular weight excluding hydrogens is 272 g/mol. The second-order valence-electron chi connectivity index (χ2n) is 4.72. The second kappa shape index (κ2) is 5.29. The number of ether oxygens (including phenoxy) is 1. The zero-order valence-corrected chi connectivity index (χ0v) is 11.1. The molecule has 1 aliphatic rings. The Morgan fingerprint density at radius 1 is 1.48 bits per heavy atom. The second-order valence-corrected chi connectivity index (χ2v) is 4.72. The molecule has 106 valence electrons. The van der Waals surface area contributed by atoms with Gasteiger partial charge in [0.15, 0.2) is 12.4 Å². The molecule has 2 heterocycles. The molecule has 0 saturated carbocycles. The van der Waals surface area contributed by atoms with E-state index in [0.29, 0.717) is 17.0 Å². The number of furan rings is 1. The number of hydrogen-bond donors (Lipinski definition) is 1. The van der Waals surface area contributed by atoms with Crippen LogP contribution in [-0.2, 0) is 17.6 Å². The maximum Gasteiger partial charge on any atom is 0.341 e. The fourth-order valence-electron chi connectivity index (χ4n) is 2.60. The van der Waals surface area contributed by atoms with Crippen molar-refractivity contribution in [3.8, 4) is 23.4 Å². The normalized spacial score (nSPS) is 12.7. The highest BCUT2D eigenvalue weighted by Crippen LogP contribution is 2.37. The zero-order chi connectivity index (χ0) is 14.8. The van der Waals surface area contributed by atoms with E-state index >= 15 is 0 Å². The maximum absolute atomic E-state index is 10.7. The van der Waals surface area contributed by atoms with Gasteiger partial charge in [-0.25, -0.2) is 9.78 Å². The standard InChI is InChI=1S/C15H12N2O4/c16-7-11-9-3-1-4-10(9)14(12-5-2-6-20-12)17-15(11)21-8-13(18)19/h2,5-6H,1,3-4,8H2,(H,18,19). The molecule has 1 N–H and O–H groups in total. The summed E-state index contributed by atoms with van der Waals surface area (Å²) in [5.74, 6) is -0.453. The summed E-state index contributed by atoms with van der Waals surface area (Å²) in [6, 6.07) is 5.63. The number of fused-ring (bicyclic) bond motifs is 1. The number of nitriles is 1. The number of hydrogen-bond acceptors (Lipinski definition) is 5. The van der Waals surface area contributed by atoms with Gasteiger partial charge in [0.25, 0.3) is 0 Å². The molecule has 0 fully saturated rings. The SMILES string of the molecule is N#Cc1c(OCC(=O)O)nc(-c2ccco2)c2c1CCC2. The highest BCUT2D eigenvalue weighted by Gasteiger charge is 2.26. The van der Waals surface area contributed by atoms with Crippen molar-refractivity contribution in [2.45, 2.75) is 19.3 Å². The van der Waals surface area contributed by atoms with Crippen molar-refractivity contribution in [3.05, 3.63) is 35.1 Å². The summed E-state index contributed by atoms with van der Waals surface area (Å²) in [6.07, 6.45) is 4.07. The number of carboxylic acid groups (broad SMARTS) is 1. The zero-order valence-electron chi connectivity index (χ0n) is 11.1. The molecule has 0 amide bonds. The van der Waals surface area contributed by atoms with Crippen molar-refractivity contribution < 1.29 is 19.1 Å². The van der Waals surface area contributed by atoms with Crippen LogP contribution in [0.25, 0.3) is 11.5 Å². The quantitative estimate of drug-likeness (QED) is 0.924. The molecule has 0 atom stereocenters. The predicted octanol–water partition coefficient (Wildman–Crippen LogP) is 2.17. The minimum absolute atomic E-state index is 0.0620. The van der Waals surface area contributed by atoms with E-state index in [1.165, 1.54) is 0 Å². The van der Waals surface area contributed by atoms with E-state index in [9.17, 15) is 10.1 Å². The van der Waals surface area contributed by atoms with Crippen LogP contribution in [0.2, 0.25) is 0 Å². The molecule has 0 saturated heterocycles. The number of nitrogens with zero attached hydrogens (tertiary/aromatic N) is 2. The smallest absolute Gasteiger partial charge is 0.341 e. The van der Waals surface area contributed by atoms with Crippen molar-refractivity contribution in [3.63, 3.8) is 0 Å². The van der Waals surface area contributed by atoms with E-state index in [0.717, 1.165) is 30.4 Å². The third-order valence-electron chi connectivity index (χ3n) is 3.43. The van der Waals surface area contributed by atoms with Crippen LogP contribution < -0.4 is 4.74 Å². The molecule has 0 radical (unpaired) electrons. The van der Waals surface area contributed by atoms with Gasteiger partial charge in [0.1, 0.15) is 17.3 Å². The first-order chi connectivity index (χ1) is 10.2. The van der Waals surface area contributed by atoms with Crippen LogP contribution >= 0.6 is 0 Å². The Bertz CT molecular complexity index is 729. The fraction of sp³-hybridized carbons (Fsp3) is 0.267. The van der Waals surface area contributed by atoms with Crippen LogP contribution in [0.5, 0.6) is 5.88 Å². The minimum Gasteiger partial charge on any atom is -0.479 e. The molecule has 2 aromatic heterocycles. The van der Waals surface area contributed by atoms with Crippen molar-refractivity contribution in [2.24, 2.45) is 0 Å². The molecule has 0 aliphatic heterocycles. The molecule has 6 nitrogen and oxygen atoms in total. The summed E-state index contributed by atoms with van der Waals surface area (Å²) < 4.78 is 10.6. The lowest BCUT2D eigenvalue weighted by Crippen LogP contribution is -2.12. The van der Waals surface area contributed by atoms with E-state index in [-0.39, 0.29) is 5.88 Å². The van der Waals surface area contributed by atoms with Crippen LogP contribution in [0.15, 0.2) is 22.8 Å². The summed E-state index contributed by atoms with van der Waals surface area (Å²) in [4.78, 5) is 15.0. The Morgan fingerprint density at radius 2 is 2.29 bits per heavy atom. The number of carboxylic acids is 1. The van der Waals surface area contributed by atoms with Gasteiger partial charge in [-0.2, -0.15) is 5.26 Å². The molecule has 6 heteroatoms. The van der Waals surface area contributed by atoms with Crippen molar-refractivity contribution in [2.75, 3.05) is 6.61 Å². The van der Waals surface area contributed by atoms with Crippen LogP contribution in [0.4, 0.5) is 0 Å². The topological polar surface area (TPSA) is 96.3 Å². The first-order valence-corrected chi connectivity index (χ1v) is 6.55. The summed E-state index contributed by atoms with van der Waals surface area (Å²) >= 11 is 0. The van der Waals surface area contributed by atoms with Crippen LogP contribution in [0.3, 0.4) is 0 Å². The average Bonchev–Trinajstić information content (AvgIpc) is 3.14. The third-order valence-corrected chi connectivity index (χ3v) is 3.43. The van der Waals surface area contributed by atoms with Crippen LogP contribution in [0, 0.1) is 11.3 Å². The van der Waals surface area contributed by atoms with E-state index in [1.54, 1.807) is 18.4 Å². The first kappa shape index (κ1) is 13.2. The lowest BCUT2D eigenvalue weighted by atomic mass is 10.0.